The maximum Gasteiger partial charge on any atom is 0.226 e. The van der Waals surface area contributed by atoms with Crippen LogP contribution in [0, 0.1) is 5.92 Å². The summed E-state index contributed by atoms with van der Waals surface area (Å²) < 4.78 is 1.04. The molecule has 1 aliphatic rings. The SMILES string of the molecule is CN(CC1CC(Cl)C1)C(=O)Cc1ccc(Br)cc1. The van der Waals surface area contributed by atoms with Gasteiger partial charge in [-0.25, -0.2) is 0 Å². The van der Waals surface area contributed by atoms with Crippen molar-refractivity contribution >= 4 is 33.4 Å². The maximum absolute atomic E-state index is 12.0. The molecule has 4 heteroatoms. The van der Waals surface area contributed by atoms with Crippen LogP contribution in [0.25, 0.3) is 0 Å². The van der Waals surface area contributed by atoms with E-state index in [-0.39, 0.29) is 5.91 Å². The fraction of sp³-hybridized carbons (Fsp3) is 0.500. The van der Waals surface area contributed by atoms with Gasteiger partial charge in [-0.3, -0.25) is 4.79 Å². The van der Waals surface area contributed by atoms with E-state index in [1.165, 1.54) is 0 Å². The quantitative estimate of drug-likeness (QED) is 0.774. The Balaban J connectivity index is 1.81. The molecule has 0 aromatic heterocycles. The zero-order chi connectivity index (χ0) is 13.1. The summed E-state index contributed by atoms with van der Waals surface area (Å²) in [5.74, 6) is 0.765. The first-order chi connectivity index (χ1) is 8.54. The topological polar surface area (TPSA) is 20.3 Å². The normalized spacial score (nSPS) is 22.4. The number of halogens is 2. The van der Waals surface area contributed by atoms with E-state index in [0.717, 1.165) is 29.4 Å². The summed E-state index contributed by atoms with van der Waals surface area (Å²) in [5, 5.41) is 0.324. The van der Waals surface area contributed by atoms with E-state index < -0.39 is 0 Å². The van der Waals surface area contributed by atoms with E-state index in [2.05, 4.69) is 15.9 Å². The molecule has 0 heterocycles. The highest BCUT2D eigenvalue weighted by Crippen LogP contribution is 2.32. The van der Waals surface area contributed by atoms with Gasteiger partial charge in [0.15, 0.2) is 0 Å². The third-order valence-corrected chi connectivity index (χ3v) is 4.29. The Kier molecular flexibility index (Phi) is 4.68. The Labute approximate surface area is 121 Å². The molecule has 0 radical (unpaired) electrons. The Morgan fingerprint density at radius 1 is 1.39 bits per heavy atom. The largest absolute Gasteiger partial charge is 0.345 e. The van der Waals surface area contributed by atoms with Crippen molar-refractivity contribution in [1.29, 1.82) is 0 Å². The summed E-state index contributed by atoms with van der Waals surface area (Å²) in [6.45, 7) is 0.832. The number of carbonyl (C=O) groups is 1. The molecule has 1 aromatic carbocycles. The first-order valence-electron chi connectivity index (χ1n) is 6.17. The second-order valence-corrected chi connectivity index (χ2v) is 6.55. The number of amides is 1. The van der Waals surface area contributed by atoms with Crippen LogP contribution in [0.4, 0.5) is 0 Å². The lowest BCUT2D eigenvalue weighted by Crippen LogP contribution is -2.38. The molecule has 0 saturated heterocycles. The van der Waals surface area contributed by atoms with Gasteiger partial charge in [-0.15, -0.1) is 11.6 Å². The first kappa shape index (κ1) is 13.9. The van der Waals surface area contributed by atoms with Gasteiger partial charge in [0, 0.05) is 23.4 Å². The summed E-state index contributed by atoms with van der Waals surface area (Å²) in [4.78, 5) is 13.9. The van der Waals surface area contributed by atoms with Crippen molar-refractivity contribution in [3.63, 3.8) is 0 Å². The Bertz CT molecular complexity index is 414. The average Bonchev–Trinajstić information content (AvgIpc) is 2.30. The van der Waals surface area contributed by atoms with Crippen LogP contribution >= 0.6 is 27.5 Å². The summed E-state index contributed by atoms with van der Waals surface area (Å²) in [5.41, 5.74) is 1.05. The van der Waals surface area contributed by atoms with Crippen LogP contribution in [0.3, 0.4) is 0 Å². The molecule has 0 spiro atoms. The van der Waals surface area contributed by atoms with E-state index in [4.69, 9.17) is 11.6 Å². The van der Waals surface area contributed by atoms with Crippen LogP contribution in [-0.4, -0.2) is 29.8 Å². The number of likely N-dealkylation sites (N-methyl/N-ethyl adjacent to an activating group) is 1. The average molecular weight is 331 g/mol. The molecule has 98 valence electrons. The smallest absolute Gasteiger partial charge is 0.226 e. The van der Waals surface area contributed by atoms with Crippen LogP contribution in [0.2, 0.25) is 0 Å². The predicted octanol–water partition coefficient (Wildman–Crippen LogP) is 3.47. The monoisotopic (exact) mass is 329 g/mol. The minimum absolute atomic E-state index is 0.176. The molecular formula is C14H17BrClNO. The molecule has 1 fully saturated rings. The van der Waals surface area contributed by atoms with Crippen LogP contribution in [0.1, 0.15) is 18.4 Å². The molecule has 0 bridgehead atoms. The Hall–Kier alpha value is -0.540. The highest BCUT2D eigenvalue weighted by molar-refractivity contribution is 9.10. The predicted molar refractivity (Wildman–Crippen MR) is 77.8 cm³/mol. The van der Waals surface area contributed by atoms with Gasteiger partial charge in [0.2, 0.25) is 5.91 Å². The molecule has 2 nitrogen and oxygen atoms in total. The highest BCUT2D eigenvalue weighted by Gasteiger charge is 2.28. The fourth-order valence-corrected chi connectivity index (χ4v) is 2.97. The van der Waals surface area contributed by atoms with Gasteiger partial charge in [0.1, 0.15) is 0 Å². The van der Waals surface area contributed by atoms with Gasteiger partial charge < -0.3 is 4.90 Å². The van der Waals surface area contributed by atoms with Crippen LogP contribution in [0.15, 0.2) is 28.7 Å². The molecule has 0 N–H and O–H groups in total. The Morgan fingerprint density at radius 3 is 2.56 bits per heavy atom. The number of carbonyl (C=O) groups excluding carboxylic acids is 1. The molecule has 1 aliphatic carbocycles. The number of alkyl halides is 1. The minimum Gasteiger partial charge on any atom is -0.345 e. The number of nitrogens with zero attached hydrogens (tertiary/aromatic N) is 1. The molecule has 1 saturated carbocycles. The molecule has 0 atom stereocenters. The fourth-order valence-electron chi connectivity index (χ4n) is 2.20. The van der Waals surface area contributed by atoms with Crippen molar-refractivity contribution in [2.24, 2.45) is 5.92 Å². The van der Waals surface area contributed by atoms with Gasteiger partial charge in [-0.05, 0) is 36.5 Å². The van der Waals surface area contributed by atoms with Crippen LogP contribution in [0.5, 0.6) is 0 Å². The molecule has 0 aliphatic heterocycles. The first-order valence-corrected chi connectivity index (χ1v) is 7.40. The van der Waals surface area contributed by atoms with Crippen molar-refractivity contribution in [2.45, 2.75) is 24.6 Å². The van der Waals surface area contributed by atoms with Gasteiger partial charge >= 0.3 is 0 Å². The van der Waals surface area contributed by atoms with Crippen molar-refractivity contribution in [1.82, 2.24) is 4.90 Å². The van der Waals surface area contributed by atoms with E-state index in [1.807, 2.05) is 36.2 Å². The Morgan fingerprint density at radius 2 is 2.00 bits per heavy atom. The van der Waals surface area contributed by atoms with E-state index in [1.54, 1.807) is 0 Å². The molecular weight excluding hydrogens is 314 g/mol. The van der Waals surface area contributed by atoms with Gasteiger partial charge in [-0.2, -0.15) is 0 Å². The van der Waals surface area contributed by atoms with Crippen molar-refractivity contribution in [3.8, 4) is 0 Å². The van der Waals surface area contributed by atoms with Crippen molar-refractivity contribution in [3.05, 3.63) is 34.3 Å². The lowest BCUT2D eigenvalue weighted by molar-refractivity contribution is -0.130. The number of hydrogen-bond donors (Lipinski definition) is 0. The van der Waals surface area contributed by atoms with Gasteiger partial charge in [0.25, 0.3) is 0 Å². The highest BCUT2D eigenvalue weighted by atomic mass is 79.9. The van der Waals surface area contributed by atoms with E-state index in [0.29, 0.717) is 17.7 Å². The molecule has 1 amide bonds. The summed E-state index contributed by atoms with van der Waals surface area (Å²) in [6.07, 6.45) is 2.55. The third-order valence-electron chi connectivity index (χ3n) is 3.40. The summed E-state index contributed by atoms with van der Waals surface area (Å²) in [6, 6.07) is 7.89. The lowest BCUT2D eigenvalue weighted by Gasteiger charge is -2.34. The van der Waals surface area contributed by atoms with E-state index in [9.17, 15) is 4.79 Å². The molecule has 1 aromatic rings. The number of benzene rings is 1. The standard InChI is InChI=1S/C14H17BrClNO/c1-17(9-11-6-13(16)7-11)14(18)8-10-2-4-12(15)5-3-10/h2-5,11,13H,6-9H2,1H3. The second-order valence-electron chi connectivity index (χ2n) is 5.01. The summed E-state index contributed by atoms with van der Waals surface area (Å²) in [7, 11) is 1.88. The molecule has 2 rings (SSSR count). The third kappa shape index (κ3) is 3.72. The van der Waals surface area contributed by atoms with E-state index >= 15 is 0 Å². The minimum atomic E-state index is 0.176. The van der Waals surface area contributed by atoms with Gasteiger partial charge in [0.05, 0.1) is 6.42 Å². The summed E-state index contributed by atoms with van der Waals surface area (Å²) >= 11 is 9.33. The molecule has 18 heavy (non-hydrogen) atoms. The zero-order valence-electron chi connectivity index (χ0n) is 10.4. The number of rotatable bonds is 4. The lowest BCUT2D eigenvalue weighted by atomic mass is 9.84. The van der Waals surface area contributed by atoms with Gasteiger partial charge in [-0.1, -0.05) is 28.1 Å². The zero-order valence-corrected chi connectivity index (χ0v) is 12.7. The van der Waals surface area contributed by atoms with Crippen molar-refractivity contribution < 1.29 is 4.79 Å². The van der Waals surface area contributed by atoms with Crippen molar-refractivity contribution in [2.75, 3.05) is 13.6 Å². The number of hydrogen-bond acceptors (Lipinski definition) is 1. The maximum atomic E-state index is 12.0. The van der Waals surface area contributed by atoms with Crippen LogP contribution < -0.4 is 0 Å². The molecule has 0 unspecified atom stereocenters. The second kappa shape index (κ2) is 6.07. The van der Waals surface area contributed by atoms with Crippen LogP contribution in [-0.2, 0) is 11.2 Å².